The SMILES string of the molecule is CC(C)CN(C)C(=O)c1ccc(Br)c(Cl)c1. The maximum atomic E-state index is 12.0. The van der Waals surface area contributed by atoms with E-state index in [0.717, 1.165) is 11.0 Å². The minimum Gasteiger partial charge on any atom is -0.341 e. The maximum Gasteiger partial charge on any atom is 0.253 e. The fraction of sp³-hybridized carbons (Fsp3) is 0.417. The van der Waals surface area contributed by atoms with Gasteiger partial charge in [-0.3, -0.25) is 4.79 Å². The van der Waals surface area contributed by atoms with Crippen LogP contribution in [0.25, 0.3) is 0 Å². The van der Waals surface area contributed by atoms with Crippen LogP contribution < -0.4 is 0 Å². The van der Waals surface area contributed by atoms with E-state index in [9.17, 15) is 4.79 Å². The first-order valence-corrected chi connectivity index (χ1v) is 6.29. The third kappa shape index (κ3) is 3.49. The molecule has 0 heterocycles. The third-order valence-corrected chi connectivity index (χ3v) is 3.38. The molecule has 0 fully saturated rings. The lowest BCUT2D eigenvalue weighted by Crippen LogP contribution is -2.30. The average Bonchev–Trinajstić information content (AvgIpc) is 2.20. The minimum absolute atomic E-state index is 0.00287. The van der Waals surface area contributed by atoms with E-state index >= 15 is 0 Å². The van der Waals surface area contributed by atoms with Gasteiger partial charge in [0.1, 0.15) is 0 Å². The highest BCUT2D eigenvalue weighted by Gasteiger charge is 2.13. The summed E-state index contributed by atoms with van der Waals surface area (Å²) in [6, 6.07) is 5.25. The molecule has 1 aromatic rings. The van der Waals surface area contributed by atoms with Gasteiger partial charge in [-0.15, -0.1) is 0 Å². The van der Waals surface area contributed by atoms with Crippen molar-refractivity contribution in [2.24, 2.45) is 5.92 Å². The summed E-state index contributed by atoms with van der Waals surface area (Å²) >= 11 is 9.25. The molecule has 0 aromatic heterocycles. The highest BCUT2D eigenvalue weighted by Crippen LogP contribution is 2.23. The van der Waals surface area contributed by atoms with Crippen LogP contribution in [0, 0.1) is 5.92 Å². The molecule has 0 radical (unpaired) electrons. The van der Waals surface area contributed by atoms with E-state index < -0.39 is 0 Å². The summed E-state index contributed by atoms with van der Waals surface area (Å²) in [7, 11) is 1.80. The standard InChI is InChI=1S/C12H15BrClNO/c1-8(2)7-15(3)12(16)9-4-5-10(13)11(14)6-9/h4-6,8H,7H2,1-3H3. The van der Waals surface area contributed by atoms with E-state index in [-0.39, 0.29) is 5.91 Å². The molecule has 4 heteroatoms. The Morgan fingerprint density at radius 3 is 2.62 bits per heavy atom. The van der Waals surface area contributed by atoms with Crippen molar-refractivity contribution in [1.82, 2.24) is 4.90 Å². The Labute approximate surface area is 110 Å². The molecule has 2 nitrogen and oxygen atoms in total. The molecule has 1 rings (SSSR count). The fourth-order valence-electron chi connectivity index (χ4n) is 1.48. The molecule has 0 aliphatic heterocycles. The Morgan fingerprint density at radius 2 is 2.12 bits per heavy atom. The zero-order valence-electron chi connectivity index (χ0n) is 9.63. The molecule has 88 valence electrons. The van der Waals surface area contributed by atoms with Gasteiger partial charge < -0.3 is 4.90 Å². The molecule has 1 amide bonds. The lowest BCUT2D eigenvalue weighted by atomic mass is 10.1. The average molecular weight is 305 g/mol. The zero-order valence-corrected chi connectivity index (χ0v) is 12.0. The van der Waals surface area contributed by atoms with Gasteiger partial charge >= 0.3 is 0 Å². The normalized spacial score (nSPS) is 10.6. The highest BCUT2D eigenvalue weighted by atomic mass is 79.9. The maximum absolute atomic E-state index is 12.0. The van der Waals surface area contributed by atoms with Gasteiger partial charge in [0.05, 0.1) is 5.02 Å². The van der Waals surface area contributed by atoms with Crippen LogP contribution in [0.3, 0.4) is 0 Å². The summed E-state index contributed by atoms with van der Waals surface area (Å²) in [5.41, 5.74) is 0.622. The second-order valence-electron chi connectivity index (χ2n) is 4.21. The number of benzene rings is 1. The van der Waals surface area contributed by atoms with Crippen LogP contribution in [0.4, 0.5) is 0 Å². The van der Waals surface area contributed by atoms with Gasteiger partial charge in [0.25, 0.3) is 5.91 Å². The van der Waals surface area contributed by atoms with E-state index in [1.807, 2.05) is 0 Å². The molecule has 16 heavy (non-hydrogen) atoms. The predicted molar refractivity (Wildman–Crippen MR) is 71.0 cm³/mol. The smallest absolute Gasteiger partial charge is 0.253 e. The molecule has 0 saturated carbocycles. The topological polar surface area (TPSA) is 20.3 Å². The van der Waals surface area contributed by atoms with Crippen LogP contribution in [0.5, 0.6) is 0 Å². The first kappa shape index (κ1) is 13.5. The van der Waals surface area contributed by atoms with Crippen molar-refractivity contribution in [2.45, 2.75) is 13.8 Å². The molecule has 0 spiro atoms. The summed E-state index contributed by atoms with van der Waals surface area (Å²) in [5, 5.41) is 0.559. The number of hydrogen-bond acceptors (Lipinski definition) is 1. The van der Waals surface area contributed by atoms with Crippen molar-refractivity contribution in [1.29, 1.82) is 0 Å². The summed E-state index contributed by atoms with van der Waals surface area (Å²) in [6.07, 6.45) is 0. The first-order valence-electron chi connectivity index (χ1n) is 5.12. The molecular formula is C12H15BrClNO. The Kier molecular flexibility index (Phi) is 4.81. The van der Waals surface area contributed by atoms with Crippen molar-refractivity contribution in [3.05, 3.63) is 33.3 Å². The Hall–Kier alpha value is -0.540. The number of halogens is 2. The van der Waals surface area contributed by atoms with Crippen LogP contribution >= 0.6 is 27.5 Å². The predicted octanol–water partition coefficient (Wildman–Crippen LogP) is 3.83. The molecule has 0 N–H and O–H groups in total. The molecule has 1 aromatic carbocycles. The fourth-order valence-corrected chi connectivity index (χ4v) is 1.91. The molecule has 0 bridgehead atoms. The third-order valence-electron chi connectivity index (χ3n) is 2.15. The Balaban J connectivity index is 2.84. The van der Waals surface area contributed by atoms with Gasteiger partial charge in [-0.25, -0.2) is 0 Å². The monoisotopic (exact) mass is 303 g/mol. The van der Waals surface area contributed by atoms with Crippen molar-refractivity contribution in [3.8, 4) is 0 Å². The van der Waals surface area contributed by atoms with E-state index in [2.05, 4.69) is 29.8 Å². The van der Waals surface area contributed by atoms with Gasteiger partial charge in [-0.2, -0.15) is 0 Å². The summed E-state index contributed by atoms with van der Waals surface area (Å²) < 4.78 is 0.803. The summed E-state index contributed by atoms with van der Waals surface area (Å²) in [6.45, 7) is 4.91. The number of hydrogen-bond donors (Lipinski definition) is 0. The number of nitrogens with zero attached hydrogens (tertiary/aromatic N) is 1. The lowest BCUT2D eigenvalue weighted by Gasteiger charge is -2.19. The second kappa shape index (κ2) is 5.69. The molecule has 0 aliphatic carbocycles. The first-order chi connectivity index (χ1) is 7.41. The molecule has 0 atom stereocenters. The second-order valence-corrected chi connectivity index (χ2v) is 5.47. The van der Waals surface area contributed by atoms with Crippen LogP contribution in [-0.2, 0) is 0 Å². The number of rotatable bonds is 3. The van der Waals surface area contributed by atoms with Crippen LogP contribution in [-0.4, -0.2) is 24.4 Å². The zero-order chi connectivity index (χ0) is 12.3. The van der Waals surface area contributed by atoms with Gasteiger partial charge in [0, 0.05) is 23.6 Å². The van der Waals surface area contributed by atoms with Crippen LogP contribution in [0.2, 0.25) is 5.02 Å². The Morgan fingerprint density at radius 1 is 1.50 bits per heavy atom. The molecule has 0 unspecified atom stereocenters. The van der Waals surface area contributed by atoms with Crippen molar-refractivity contribution < 1.29 is 4.79 Å². The molecular weight excluding hydrogens is 289 g/mol. The highest BCUT2D eigenvalue weighted by molar-refractivity contribution is 9.10. The van der Waals surface area contributed by atoms with Crippen LogP contribution in [0.15, 0.2) is 22.7 Å². The largest absolute Gasteiger partial charge is 0.341 e. The summed E-state index contributed by atoms with van der Waals surface area (Å²) in [4.78, 5) is 13.7. The lowest BCUT2D eigenvalue weighted by molar-refractivity contribution is 0.0779. The van der Waals surface area contributed by atoms with Crippen molar-refractivity contribution in [3.63, 3.8) is 0 Å². The van der Waals surface area contributed by atoms with Crippen LogP contribution in [0.1, 0.15) is 24.2 Å². The van der Waals surface area contributed by atoms with Gasteiger partial charge in [0.15, 0.2) is 0 Å². The number of carbonyl (C=O) groups is 1. The van der Waals surface area contributed by atoms with Crippen molar-refractivity contribution >= 4 is 33.4 Å². The number of carbonyl (C=O) groups excluding carboxylic acids is 1. The van der Waals surface area contributed by atoms with Crippen molar-refractivity contribution in [2.75, 3.05) is 13.6 Å². The Bertz CT molecular complexity index is 393. The summed E-state index contributed by atoms with van der Waals surface area (Å²) in [5.74, 6) is 0.461. The molecule has 0 aliphatic rings. The molecule has 0 saturated heterocycles. The quantitative estimate of drug-likeness (QED) is 0.831. The minimum atomic E-state index is 0.00287. The number of amides is 1. The van der Waals surface area contributed by atoms with Gasteiger partial charge in [-0.1, -0.05) is 25.4 Å². The van der Waals surface area contributed by atoms with E-state index in [1.54, 1.807) is 30.1 Å². The van der Waals surface area contributed by atoms with E-state index in [4.69, 9.17) is 11.6 Å². The van der Waals surface area contributed by atoms with Gasteiger partial charge in [-0.05, 0) is 40.0 Å². The van der Waals surface area contributed by atoms with E-state index in [1.165, 1.54) is 0 Å². The van der Waals surface area contributed by atoms with E-state index in [0.29, 0.717) is 16.5 Å². The van der Waals surface area contributed by atoms with Gasteiger partial charge in [0.2, 0.25) is 0 Å².